The van der Waals surface area contributed by atoms with Crippen LogP contribution in [0.15, 0.2) is 164 Å². The fourth-order valence-electron chi connectivity index (χ4n) is 6.50. The fraction of sp³-hybridized carbons (Fsp3) is 0. The normalized spacial score (nSPS) is 11.6. The zero-order valence-electron chi connectivity index (χ0n) is 24.4. The maximum absolute atomic E-state index is 2.38. The number of hydrogen-bond donors (Lipinski definition) is 0. The Bertz CT molecular complexity index is 2470. The molecule has 0 amide bonds. The summed E-state index contributed by atoms with van der Waals surface area (Å²) >= 11 is 3.74. The molecule has 0 fully saturated rings. The van der Waals surface area contributed by atoms with Crippen molar-refractivity contribution in [3.8, 4) is 22.3 Å². The van der Waals surface area contributed by atoms with Crippen molar-refractivity contribution in [3.05, 3.63) is 164 Å². The molecule has 0 aliphatic heterocycles. The van der Waals surface area contributed by atoms with E-state index < -0.39 is 0 Å². The van der Waals surface area contributed by atoms with E-state index >= 15 is 0 Å². The molecule has 2 heterocycles. The lowest BCUT2D eigenvalue weighted by molar-refractivity contribution is 1.29. The average Bonchev–Trinajstić information content (AvgIpc) is 3.68. The van der Waals surface area contributed by atoms with E-state index in [0.717, 1.165) is 17.1 Å². The molecule has 2 aromatic heterocycles. The Labute approximate surface area is 269 Å². The molecule has 0 saturated heterocycles. The summed E-state index contributed by atoms with van der Waals surface area (Å²) in [5, 5.41) is 5.27. The summed E-state index contributed by atoms with van der Waals surface area (Å²) in [6, 6.07) is 59.6. The first kappa shape index (κ1) is 26.2. The second-order valence-corrected chi connectivity index (χ2v) is 13.5. The quantitative estimate of drug-likeness (QED) is 0.188. The van der Waals surface area contributed by atoms with Gasteiger partial charge in [0.25, 0.3) is 0 Å². The Morgan fingerprint density at radius 2 is 0.867 bits per heavy atom. The minimum absolute atomic E-state index is 1.13. The van der Waals surface area contributed by atoms with E-state index in [4.69, 9.17) is 0 Å². The molecule has 0 aliphatic rings. The molecule has 1 nitrogen and oxygen atoms in total. The lowest BCUT2D eigenvalue weighted by Crippen LogP contribution is -2.09. The molecule has 45 heavy (non-hydrogen) atoms. The van der Waals surface area contributed by atoms with E-state index in [-0.39, 0.29) is 0 Å². The Balaban J connectivity index is 1.17. The average molecular weight is 610 g/mol. The molecule has 0 spiro atoms. The van der Waals surface area contributed by atoms with Crippen LogP contribution in [0.4, 0.5) is 17.1 Å². The first-order chi connectivity index (χ1) is 22.3. The number of fused-ring (bicyclic) bond motifs is 6. The first-order valence-electron chi connectivity index (χ1n) is 15.2. The van der Waals surface area contributed by atoms with Gasteiger partial charge in [0.1, 0.15) is 0 Å². The Morgan fingerprint density at radius 1 is 0.333 bits per heavy atom. The van der Waals surface area contributed by atoms with E-state index in [1.165, 1.54) is 62.6 Å². The minimum atomic E-state index is 1.13. The van der Waals surface area contributed by atoms with Crippen LogP contribution < -0.4 is 4.90 Å². The molecule has 0 saturated carbocycles. The Morgan fingerprint density at radius 3 is 1.60 bits per heavy atom. The second kappa shape index (κ2) is 10.7. The van der Waals surface area contributed by atoms with E-state index in [2.05, 4.69) is 169 Å². The number of benzene rings is 7. The van der Waals surface area contributed by atoms with E-state index in [9.17, 15) is 0 Å². The molecule has 0 atom stereocenters. The lowest BCUT2D eigenvalue weighted by atomic mass is 10.0. The third-order valence-corrected chi connectivity index (χ3v) is 11.1. The maximum Gasteiger partial charge on any atom is 0.0468 e. The van der Waals surface area contributed by atoms with Crippen LogP contribution in [0.5, 0.6) is 0 Å². The highest BCUT2D eigenvalue weighted by Crippen LogP contribution is 2.43. The standard InChI is InChI=1S/C42H27NS2/c1-2-9-28(10-3-1)29-17-21-31(22-18-29)43(33-25-26-41-38(27-33)36-12-5-6-15-39(36)44-41)32-23-19-30(20-24-32)34-13-8-14-37-35-11-4-7-16-40(35)45-42(34)37/h1-27H. The maximum atomic E-state index is 2.38. The molecule has 9 rings (SSSR count). The Hall–Kier alpha value is -5.22. The molecular formula is C42H27NS2. The van der Waals surface area contributed by atoms with Crippen molar-refractivity contribution in [2.75, 3.05) is 4.90 Å². The van der Waals surface area contributed by atoms with Crippen molar-refractivity contribution < 1.29 is 0 Å². The van der Waals surface area contributed by atoms with Gasteiger partial charge in [-0.3, -0.25) is 0 Å². The minimum Gasteiger partial charge on any atom is -0.310 e. The van der Waals surface area contributed by atoms with Crippen molar-refractivity contribution in [2.24, 2.45) is 0 Å². The van der Waals surface area contributed by atoms with Gasteiger partial charge in [0.15, 0.2) is 0 Å². The zero-order chi connectivity index (χ0) is 29.7. The molecular weight excluding hydrogens is 583 g/mol. The summed E-state index contributed by atoms with van der Waals surface area (Å²) in [5.41, 5.74) is 8.37. The van der Waals surface area contributed by atoms with Crippen LogP contribution in [0, 0.1) is 0 Å². The monoisotopic (exact) mass is 609 g/mol. The second-order valence-electron chi connectivity index (χ2n) is 11.4. The van der Waals surface area contributed by atoms with Crippen LogP contribution in [0.2, 0.25) is 0 Å². The van der Waals surface area contributed by atoms with Gasteiger partial charge in [-0.15, -0.1) is 22.7 Å². The zero-order valence-corrected chi connectivity index (χ0v) is 26.0. The van der Waals surface area contributed by atoms with E-state index in [1.807, 2.05) is 22.7 Å². The summed E-state index contributed by atoms with van der Waals surface area (Å²) < 4.78 is 5.31. The van der Waals surface area contributed by atoms with Gasteiger partial charge in [0, 0.05) is 57.4 Å². The van der Waals surface area contributed by atoms with Crippen LogP contribution in [-0.2, 0) is 0 Å². The lowest BCUT2D eigenvalue weighted by Gasteiger charge is -2.26. The number of nitrogens with zero attached hydrogens (tertiary/aromatic N) is 1. The summed E-state index contributed by atoms with van der Waals surface area (Å²) in [7, 11) is 0. The van der Waals surface area contributed by atoms with Gasteiger partial charge in [-0.25, -0.2) is 0 Å². The predicted octanol–water partition coefficient (Wildman–Crippen LogP) is 13.2. The highest BCUT2D eigenvalue weighted by Gasteiger charge is 2.16. The number of rotatable bonds is 5. The highest BCUT2D eigenvalue weighted by atomic mass is 32.1. The topological polar surface area (TPSA) is 3.24 Å². The van der Waals surface area contributed by atoms with E-state index in [0.29, 0.717) is 0 Å². The number of anilines is 3. The van der Waals surface area contributed by atoms with Crippen molar-refractivity contribution in [2.45, 2.75) is 0 Å². The van der Waals surface area contributed by atoms with Gasteiger partial charge >= 0.3 is 0 Å². The van der Waals surface area contributed by atoms with Gasteiger partial charge in [-0.05, 0) is 76.9 Å². The molecule has 0 N–H and O–H groups in total. The van der Waals surface area contributed by atoms with E-state index in [1.54, 1.807) is 0 Å². The van der Waals surface area contributed by atoms with Gasteiger partial charge < -0.3 is 4.90 Å². The fourth-order valence-corrected chi connectivity index (χ4v) is 8.82. The number of thiophene rings is 2. The molecule has 212 valence electrons. The SMILES string of the molecule is c1ccc(-c2ccc(N(c3ccc(-c4cccc5c4sc4ccccc45)cc3)c3ccc4sc5ccccc5c4c3)cc2)cc1. The molecule has 0 bridgehead atoms. The van der Waals surface area contributed by atoms with Crippen molar-refractivity contribution in [1.82, 2.24) is 0 Å². The van der Waals surface area contributed by atoms with Crippen LogP contribution in [0.1, 0.15) is 0 Å². The molecule has 0 radical (unpaired) electrons. The van der Waals surface area contributed by atoms with Crippen LogP contribution in [0.25, 0.3) is 62.6 Å². The van der Waals surface area contributed by atoms with Crippen molar-refractivity contribution in [3.63, 3.8) is 0 Å². The highest BCUT2D eigenvalue weighted by molar-refractivity contribution is 7.26. The first-order valence-corrected chi connectivity index (χ1v) is 16.8. The summed E-state index contributed by atoms with van der Waals surface area (Å²) in [4.78, 5) is 2.38. The van der Waals surface area contributed by atoms with Crippen LogP contribution in [-0.4, -0.2) is 0 Å². The Kier molecular flexibility index (Phi) is 6.26. The largest absolute Gasteiger partial charge is 0.310 e. The van der Waals surface area contributed by atoms with Crippen LogP contribution >= 0.6 is 22.7 Å². The third-order valence-electron chi connectivity index (χ3n) is 8.69. The smallest absolute Gasteiger partial charge is 0.0468 e. The third kappa shape index (κ3) is 4.52. The summed E-state index contributed by atoms with van der Waals surface area (Å²) in [6.45, 7) is 0. The number of hydrogen-bond acceptors (Lipinski definition) is 3. The van der Waals surface area contributed by atoms with Gasteiger partial charge in [0.05, 0.1) is 0 Å². The van der Waals surface area contributed by atoms with Crippen LogP contribution in [0.3, 0.4) is 0 Å². The van der Waals surface area contributed by atoms with Gasteiger partial charge in [-0.2, -0.15) is 0 Å². The molecule has 0 aliphatic carbocycles. The summed E-state index contributed by atoms with van der Waals surface area (Å²) in [5.74, 6) is 0. The van der Waals surface area contributed by atoms with Crippen molar-refractivity contribution >= 4 is 80.1 Å². The summed E-state index contributed by atoms with van der Waals surface area (Å²) in [6.07, 6.45) is 0. The molecule has 0 unspecified atom stereocenters. The molecule has 7 aromatic carbocycles. The van der Waals surface area contributed by atoms with Gasteiger partial charge in [-0.1, -0.05) is 109 Å². The molecule has 9 aromatic rings. The predicted molar refractivity (Wildman–Crippen MR) is 198 cm³/mol. The molecule has 3 heteroatoms. The van der Waals surface area contributed by atoms with Crippen molar-refractivity contribution in [1.29, 1.82) is 0 Å². The van der Waals surface area contributed by atoms with Gasteiger partial charge in [0.2, 0.25) is 0 Å².